The van der Waals surface area contributed by atoms with Crippen molar-refractivity contribution in [3.63, 3.8) is 0 Å². The first-order chi connectivity index (χ1) is 33.4. The number of aromatic nitrogens is 7. The van der Waals surface area contributed by atoms with Crippen LogP contribution in [0.25, 0.3) is 66.1 Å². The van der Waals surface area contributed by atoms with Crippen molar-refractivity contribution < 1.29 is 0 Å². The molecule has 0 saturated heterocycles. The van der Waals surface area contributed by atoms with Crippen LogP contribution in [0.5, 0.6) is 0 Å². The summed E-state index contributed by atoms with van der Waals surface area (Å²) in [7, 11) is 0. The van der Waals surface area contributed by atoms with Crippen LogP contribution in [0.4, 0.5) is 29.0 Å². The Bertz CT molecular complexity index is 3480. The highest BCUT2D eigenvalue weighted by atomic mass is 35.5. The number of aromatic amines is 3. The van der Waals surface area contributed by atoms with Gasteiger partial charge in [-0.1, -0.05) is 145 Å². The van der Waals surface area contributed by atoms with Gasteiger partial charge in [0, 0.05) is 45.6 Å². The fourth-order valence-electron chi connectivity index (χ4n) is 7.52. The summed E-state index contributed by atoms with van der Waals surface area (Å²) < 4.78 is 0. The summed E-state index contributed by atoms with van der Waals surface area (Å²) in [6.45, 7) is 3.11. The molecule has 0 fully saturated rings. The lowest BCUT2D eigenvalue weighted by Crippen LogP contribution is -2.01. The van der Waals surface area contributed by atoms with Gasteiger partial charge in [0.15, 0.2) is 17.5 Å². The predicted octanol–water partition coefficient (Wildman–Crippen LogP) is 15.7. The summed E-state index contributed by atoms with van der Waals surface area (Å²) in [6, 6.07) is 51.8. The maximum atomic E-state index is 9.15. The number of thiophene rings is 1. The van der Waals surface area contributed by atoms with Gasteiger partial charge in [-0.25, -0.2) is 4.98 Å². The zero-order valence-corrected chi connectivity index (χ0v) is 39.6. The number of nitriles is 1. The summed E-state index contributed by atoms with van der Waals surface area (Å²) in [5, 5.41) is 48.0. The molecule has 11 rings (SSSR count). The first-order valence-electron chi connectivity index (χ1n) is 21.7. The van der Waals surface area contributed by atoms with Crippen LogP contribution in [0.15, 0.2) is 163 Å². The van der Waals surface area contributed by atoms with Crippen LogP contribution < -0.4 is 16.0 Å². The summed E-state index contributed by atoms with van der Waals surface area (Å²) in [5.74, 6) is 3.05. The lowest BCUT2D eigenvalue weighted by atomic mass is 10.0. The van der Waals surface area contributed by atoms with Crippen LogP contribution in [0.2, 0.25) is 15.1 Å². The third-order valence-corrected chi connectivity index (χ3v) is 12.7. The summed E-state index contributed by atoms with van der Waals surface area (Å²) in [4.78, 5) is 4.90. The number of fused-ring (bicyclic) bond motifs is 3. The first-order valence-corrected chi connectivity index (χ1v) is 23.7. The van der Waals surface area contributed by atoms with E-state index in [1.807, 2.05) is 139 Å². The van der Waals surface area contributed by atoms with Crippen LogP contribution in [-0.2, 0) is 0 Å². The Morgan fingerprint density at radius 2 is 1.01 bits per heavy atom. The van der Waals surface area contributed by atoms with Crippen LogP contribution in [0.3, 0.4) is 0 Å². The minimum Gasteiger partial charge on any atom is -0.368 e. The highest BCUT2D eigenvalue weighted by Gasteiger charge is 2.15. The van der Waals surface area contributed by atoms with Crippen LogP contribution in [-0.4, -0.2) is 42.1 Å². The molecule has 6 aromatic carbocycles. The van der Waals surface area contributed by atoms with Crippen molar-refractivity contribution in [2.45, 2.75) is 19.8 Å². The third kappa shape index (κ3) is 10.3. The quantitative estimate of drug-likeness (QED) is 0.0699. The molecule has 6 N–H and O–H groups in total. The van der Waals surface area contributed by atoms with Gasteiger partial charge in [0.1, 0.15) is 16.8 Å². The Balaban J connectivity index is 0.000000128. The number of unbranched alkanes of at least 4 members (excludes halogenated alkanes) is 1. The minimum absolute atomic E-state index is 0.628. The van der Waals surface area contributed by atoms with E-state index in [2.05, 4.69) is 82.7 Å². The molecule has 11 aromatic rings. The monoisotopic (exact) mass is 969 g/mol. The topological polar surface area (TPSA) is 159 Å². The number of nitrogens with zero attached hydrogens (tertiary/aromatic N) is 5. The Morgan fingerprint density at radius 3 is 1.47 bits per heavy atom. The predicted molar refractivity (Wildman–Crippen MR) is 283 cm³/mol. The van der Waals surface area contributed by atoms with E-state index in [4.69, 9.17) is 40.1 Å². The zero-order valence-electron chi connectivity index (χ0n) is 36.5. The second kappa shape index (κ2) is 21.3. The fraction of sp³-hybridized carbons (Fsp3) is 0.0755. The molecular weight excluding hydrogens is 929 g/mol. The molecule has 15 heteroatoms. The van der Waals surface area contributed by atoms with Gasteiger partial charge in [-0.3, -0.25) is 15.3 Å². The second-order valence-corrected chi connectivity index (χ2v) is 17.6. The number of H-pyrrole nitrogens is 3. The van der Waals surface area contributed by atoms with Gasteiger partial charge in [0.2, 0.25) is 0 Å². The van der Waals surface area contributed by atoms with Crippen molar-refractivity contribution in [1.82, 2.24) is 35.6 Å². The first kappa shape index (κ1) is 45.5. The van der Waals surface area contributed by atoms with Crippen molar-refractivity contribution in [3.05, 3.63) is 183 Å². The van der Waals surface area contributed by atoms with Crippen molar-refractivity contribution in [2.24, 2.45) is 0 Å². The molecule has 0 saturated carbocycles. The van der Waals surface area contributed by atoms with E-state index < -0.39 is 0 Å². The average molecular weight is 971 g/mol. The smallest absolute Gasteiger partial charge is 0.161 e. The van der Waals surface area contributed by atoms with Gasteiger partial charge < -0.3 is 16.0 Å². The Hall–Kier alpha value is -7.66. The molecule has 0 atom stereocenters. The molecule has 11 nitrogen and oxygen atoms in total. The van der Waals surface area contributed by atoms with Gasteiger partial charge in [-0.05, 0) is 83.1 Å². The van der Waals surface area contributed by atoms with Crippen molar-refractivity contribution in [2.75, 3.05) is 22.5 Å². The number of benzene rings is 6. The van der Waals surface area contributed by atoms with Crippen molar-refractivity contribution in [3.8, 4) is 39.4 Å². The van der Waals surface area contributed by atoms with Gasteiger partial charge >= 0.3 is 0 Å². The largest absolute Gasteiger partial charge is 0.368 e. The summed E-state index contributed by atoms with van der Waals surface area (Å²) in [5.41, 5.74) is 9.63. The molecule has 0 aliphatic rings. The van der Waals surface area contributed by atoms with E-state index >= 15 is 0 Å². The second-order valence-electron chi connectivity index (χ2n) is 15.5. The van der Waals surface area contributed by atoms with Crippen LogP contribution >= 0.6 is 46.1 Å². The van der Waals surface area contributed by atoms with Crippen molar-refractivity contribution in [1.29, 1.82) is 5.26 Å². The van der Waals surface area contributed by atoms with E-state index in [0.717, 1.165) is 114 Å². The summed E-state index contributed by atoms with van der Waals surface area (Å²) in [6.07, 6.45) is 4.04. The Kier molecular flexibility index (Phi) is 14.3. The minimum atomic E-state index is 0.628. The van der Waals surface area contributed by atoms with E-state index in [0.29, 0.717) is 20.7 Å². The van der Waals surface area contributed by atoms with E-state index in [9.17, 15) is 0 Å². The lowest BCUT2D eigenvalue weighted by molar-refractivity contribution is 0.830. The number of hydrogen-bond donors (Lipinski definition) is 6. The molecule has 0 unspecified atom stereocenters. The molecule has 0 aliphatic heterocycles. The van der Waals surface area contributed by atoms with E-state index in [-0.39, 0.29) is 0 Å². The van der Waals surface area contributed by atoms with Gasteiger partial charge in [0.25, 0.3) is 0 Å². The SMILES string of the molecule is CCCCNc1n[nH]c2cc(Cl)c(-c3ccccc3)cc12.Clc1cc2[nH]nc(Nc3ccccn3)c2cc1-c1ccccc1.N#Cc1sccc1Nc1n[nH]c2cc(Cl)c(-c3ccccc3)cc12. The number of halogens is 3. The molecule has 0 radical (unpaired) electrons. The maximum Gasteiger partial charge on any atom is 0.161 e. The standard InChI is InChI=1S/C18H11ClN4S.C18H13ClN4.C17H18ClN3/c19-14-9-16-13(8-12(14)11-4-2-1-3-5-11)18(23-22-16)21-15-6-7-24-17(15)10-20;19-15-11-16-14(10-13(15)12-6-2-1-3-7-12)18(23-22-16)21-17-8-4-5-9-20-17;1-2-3-9-19-17-14-10-13(12-7-5-4-6-8-12)15(18)11-16(14)20-21-17/h1-9H,(H2,21,22,23);1-11H,(H2,20,21,22,23);4-8,10-11H,2-3,9H2,1H3,(H2,19,20,21). The molecule has 0 amide bonds. The highest BCUT2D eigenvalue weighted by molar-refractivity contribution is 7.11. The van der Waals surface area contributed by atoms with Gasteiger partial charge in [0.05, 0.1) is 37.3 Å². The molecule has 0 spiro atoms. The zero-order chi connectivity index (χ0) is 46.8. The number of hydrogen-bond acceptors (Lipinski definition) is 9. The number of pyridine rings is 1. The van der Waals surface area contributed by atoms with E-state index in [1.165, 1.54) is 11.3 Å². The van der Waals surface area contributed by atoms with E-state index in [1.54, 1.807) is 6.20 Å². The van der Waals surface area contributed by atoms with Crippen LogP contribution in [0.1, 0.15) is 24.6 Å². The Morgan fingerprint density at radius 1 is 0.559 bits per heavy atom. The van der Waals surface area contributed by atoms with Gasteiger partial charge in [-0.15, -0.1) is 11.3 Å². The average Bonchev–Trinajstić information content (AvgIpc) is 4.19. The van der Waals surface area contributed by atoms with Crippen molar-refractivity contribution >= 4 is 108 Å². The Labute approximate surface area is 411 Å². The molecule has 0 bridgehead atoms. The third-order valence-electron chi connectivity index (χ3n) is 11.0. The molecule has 0 aliphatic carbocycles. The maximum absolute atomic E-state index is 9.15. The fourth-order valence-corrected chi connectivity index (χ4v) is 8.98. The molecule has 68 heavy (non-hydrogen) atoms. The summed E-state index contributed by atoms with van der Waals surface area (Å²) >= 11 is 20.7. The normalized spacial score (nSPS) is 10.8. The molecule has 5 aromatic heterocycles. The molecule has 336 valence electrons. The number of rotatable bonds is 11. The number of nitrogens with one attached hydrogen (secondary N) is 6. The highest BCUT2D eigenvalue weighted by Crippen LogP contribution is 2.38. The molecule has 5 heterocycles. The van der Waals surface area contributed by atoms with Gasteiger partial charge in [-0.2, -0.15) is 20.6 Å². The van der Waals surface area contributed by atoms with Crippen LogP contribution in [0, 0.1) is 11.3 Å². The number of anilines is 5. The lowest BCUT2D eigenvalue weighted by Gasteiger charge is -2.06. The molecular formula is C53H42Cl3N11S.